The summed E-state index contributed by atoms with van der Waals surface area (Å²) in [6, 6.07) is 23.3. The Bertz CT molecular complexity index is 1310. The maximum atomic E-state index is 12.7. The van der Waals surface area contributed by atoms with Gasteiger partial charge in [-0.15, -0.1) is 10.2 Å². The molecule has 170 valence electrons. The molecule has 34 heavy (non-hydrogen) atoms. The van der Waals surface area contributed by atoms with Crippen molar-refractivity contribution >= 4 is 11.6 Å². The van der Waals surface area contributed by atoms with Crippen LogP contribution >= 0.6 is 0 Å². The van der Waals surface area contributed by atoms with Gasteiger partial charge in [-0.3, -0.25) is 4.79 Å². The Labute approximate surface area is 196 Å². The quantitative estimate of drug-likeness (QED) is 0.439. The molecule has 0 fully saturated rings. The molecule has 1 aromatic heterocycles. The van der Waals surface area contributed by atoms with Crippen LogP contribution in [0.2, 0.25) is 0 Å². The van der Waals surface area contributed by atoms with Crippen molar-refractivity contribution in [3.05, 3.63) is 84.4 Å². The van der Waals surface area contributed by atoms with E-state index in [1.54, 1.807) is 49.6 Å². The number of methoxy groups -OCH3 is 1. The first kappa shape index (κ1) is 21.3. The largest absolute Gasteiger partial charge is 0.493 e. The lowest BCUT2D eigenvalue weighted by atomic mass is 10.1. The number of amides is 1. The molecular weight excluding hydrogens is 434 g/mol. The summed E-state index contributed by atoms with van der Waals surface area (Å²) in [4.78, 5) is 12.7. The van der Waals surface area contributed by atoms with Gasteiger partial charge in [-0.05, 0) is 42.5 Å². The molecule has 1 aliphatic rings. The van der Waals surface area contributed by atoms with E-state index in [1.807, 2.05) is 36.4 Å². The zero-order valence-electron chi connectivity index (χ0n) is 18.4. The van der Waals surface area contributed by atoms with Gasteiger partial charge in [0.1, 0.15) is 13.2 Å². The Morgan fingerprint density at radius 1 is 0.853 bits per heavy atom. The Morgan fingerprint density at radius 3 is 2.35 bits per heavy atom. The van der Waals surface area contributed by atoms with Crippen molar-refractivity contribution in [1.82, 2.24) is 10.2 Å². The van der Waals surface area contributed by atoms with Gasteiger partial charge in [0, 0.05) is 28.9 Å². The average Bonchev–Trinajstić information content (AvgIpc) is 2.89. The van der Waals surface area contributed by atoms with Crippen LogP contribution < -0.4 is 24.3 Å². The molecule has 8 heteroatoms. The predicted octanol–water partition coefficient (Wildman–Crippen LogP) is 4.97. The first-order chi connectivity index (χ1) is 16.7. The van der Waals surface area contributed by atoms with Crippen LogP contribution in [0.4, 0.5) is 5.69 Å². The highest BCUT2D eigenvalue weighted by Crippen LogP contribution is 2.33. The number of hydrogen-bond donors (Lipinski definition) is 1. The first-order valence-corrected chi connectivity index (χ1v) is 10.7. The van der Waals surface area contributed by atoms with Crippen LogP contribution in [0.5, 0.6) is 28.9 Å². The van der Waals surface area contributed by atoms with E-state index in [1.165, 1.54) is 0 Å². The third-order valence-electron chi connectivity index (χ3n) is 5.17. The van der Waals surface area contributed by atoms with E-state index in [2.05, 4.69) is 15.5 Å². The van der Waals surface area contributed by atoms with Gasteiger partial charge in [-0.25, -0.2) is 0 Å². The number of nitrogens with one attached hydrogen (secondary N) is 1. The lowest BCUT2D eigenvalue weighted by molar-refractivity contribution is 0.102. The Morgan fingerprint density at radius 2 is 1.62 bits per heavy atom. The smallest absolute Gasteiger partial charge is 0.255 e. The zero-order chi connectivity index (χ0) is 23.3. The molecule has 2 heterocycles. The van der Waals surface area contributed by atoms with E-state index in [0.717, 1.165) is 5.56 Å². The Balaban J connectivity index is 1.25. The highest BCUT2D eigenvalue weighted by atomic mass is 16.6. The molecule has 1 amide bonds. The fraction of sp³-hybridized carbons (Fsp3) is 0.115. The summed E-state index contributed by atoms with van der Waals surface area (Å²) in [6.45, 7) is 1.01. The molecule has 3 aromatic carbocycles. The van der Waals surface area contributed by atoms with Crippen molar-refractivity contribution in [2.75, 3.05) is 25.6 Å². The molecule has 0 radical (unpaired) electrons. The lowest BCUT2D eigenvalue weighted by Crippen LogP contribution is -2.16. The van der Waals surface area contributed by atoms with E-state index >= 15 is 0 Å². The van der Waals surface area contributed by atoms with Crippen LogP contribution in [0, 0.1) is 0 Å². The Hall–Kier alpha value is -4.59. The standard InChI is InChI=1S/C26H21N3O5/c1-31-21-4-2-3-5-23(21)34-25-13-11-20(28-29-25)17-6-8-18(9-7-17)26(30)27-19-10-12-22-24(16-19)33-15-14-32-22/h2-13,16H,14-15H2,1H3,(H,27,30). The van der Waals surface area contributed by atoms with Crippen molar-refractivity contribution in [1.29, 1.82) is 0 Å². The fourth-order valence-corrected chi connectivity index (χ4v) is 3.46. The summed E-state index contributed by atoms with van der Waals surface area (Å²) in [7, 11) is 1.58. The minimum absolute atomic E-state index is 0.227. The molecule has 4 aromatic rings. The van der Waals surface area contributed by atoms with E-state index in [-0.39, 0.29) is 5.91 Å². The van der Waals surface area contributed by atoms with Crippen LogP contribution in [0.1, 0.15) is 10.4 Å². The summed E-state index contributed by atoms with van der Waals surface area (Å²) in [6.07, 6.45) is 0. The number of aromatic nitrogens is 2. The van der Waals surface area contributed by atoms with Crippen LogP contribution in [-0.2, 0) is 0 Å². The van der Waals surface area contributed by atoms with Crippen LogP contribution in [-0.4, -0.2) is 36.4 Å². The van der Waals surface area contributed by atoms with Crippen molar-refractivity contribution in [2.45, 2.75) is 0 Å². The third-order valence-corrected chi connectivity index (χ3v) is 5.17. The number of rotatable bonds is 6. The van der Waals surface area contributed by atoms with Gasteiger partial charge in [0.2, 0.25) is 5.88 Å². The number of anilines is 1. The van der Waals surface area contributed by atoms with E-state index < -0.39 is 0 Å². The Kier molecular flexibility index (Phi) is 5.94. The van der Waals surface area contributed by atoms with E-state index in [0.29, 0.717) is 59.0 Å². The molecule has 5 rings (SSSR count). The van der Waals surface area contributed by atoms with Crippen molar-refractivity contribution < 1.29 is 23.7 Å². The van der Waals surface area contributed by atoms with Gasteiger partial charge in [0.05, 0.1) is 12.8 Å². The molecule has 0 bridgehead atoms. The second kappa shape index (κ2) is 9.50. The van der Waals surface area contributed by atoms with Gasteiger partial charge >= 0.3 is 0 Å². The van der Waals surface area contributed by atoms with E-state index in [4.69, 9.17) is 18.9 Å². The topological polar surface area (TPSA) is 91.8 Å². The van der Waals surface area contributed by atoms with Gasteiger partial charge < -0.3 is 24.3 Å². The third kappa shape index (κ3) is 4.61. The average molecular weight is 455 g/mol. The van der Waals surface area contributed by atoms with Crippen molar-refractivity contribution in [2.24, 2.45) is 0 Å². The SMILES string of the molecule is COc1ccccc1Oc1ccc(-c2ccc(C(=O)Nc3ccc4c(c3)OCCO4)cc2)nn1. The maximum Gasteiger partial charge on any atom is 0.255 e. The number of nitrogens with zero attached hydrogens (tertiary/aromatic N) is 2. The number of benzene rings is 3. The zero-order valence-corrected chi connectivity index (χ0v) is 18.4. The van der Waals surface area contributed by atoms with Gasteiger partial charge in [-0.2, -0.15) is 0 Å². The maximum absolute atomic E-state index is 12.7. The number of para-hydroxylation sites is 2. The fourth-order valence-electron chi connectivity index (χ4n) is 3.46. The molecule has 0 aliphatic carbocycles. The second-order valence-corrected chi connectivity index (χ2v) is 7.40. The lowest BCUT2D eigenvalue weighted by Gasteiger charge is -2.19. The molecular formula is C26H21N3O5. The minimum Gasteiger partial charge on any atom is -0.493 e. The molecule has 0 saturated heterocycles. The van der Waals surface area contributed by atoms with Gasteiger partial charge in [-0.1, -0.05) is 24.3 Å². The van der Waals surface area contributed by atoms with E-state index in [9.17, 15) is 4.79 Å². The van der Waals surface area contributed by atoms with Crippen molar-refractivity contribution in [3.8, 4) is 40.1 Å². The molecule has 0 saturated carbocycles. The first-order valence-electron chi connectivity index (χ1n) is 10.7. The highest BCUT2D eigenvalue weighted by molar-refractivity contribution is 6.04. The van der Waals surface area contributed by atoms with Gasteiger partial charge in [0.15, 0.2) is 23.0 Å². The highest BCUT2D eigenvalue weighted by Gasteiger charge is 2.14. The molecule has 1 aliphatic heterocycles. The summed E-state index contributed by atoms with van der Waals surface area (Å²) in [5.41, 5.74) is 2.64. The molecule has 1 N–H and O–H groups in total. The number of carbonyl (C=O) groups is 1. The number of ether oxygens (including phenoxy) is 4. The number of fused-ring (bicyclic) bond motifs is 1. The molecule has 0 unspecified atom stereocenters. The monoisotopic (exact) mass is 455 g/mol. The van der Waals surface area contributed by atoms with Crippen LogP contribution in [0.15, 0.2) is 78.9 Å². The van der Waals surface area contributed by atoms with Crippen molar-refractivity contribution in [3.63, 3.8) is 0 Å². The number of carbonyl (C=O) groups excluding carboxylic acids is 1. The number of hydrogen-bond acceptors (Lipinski definition) is 7. The normalized spacial score (nSPS) is 12.0. The summed E-state index contributed by atoms with van der Waals surface area (Å²) < 4.78 is 22.1. The predicted molar refractivity (Wildman–Crippen MR) is 126 cm³/mol. The molecule has 8 nitrogen and oxygen atoms in total. The summed E-state index contributed by atoms with van der Waals surface area (Å²) >= 11 is 0. The summed E-state index contributed by atoms with van der Waals surface area (Å²) in [5.74, 6) is 2.59. The minimum atomic E-state index is -0.227. The second-order valence-electron chi connectivity index (χ2n) is 7.40. The summed E-state index contributed by atoms with van der Waals surface area (Å²) in [5, 5.41) is 11.3. The molecule has 0 spiro atoms. The van der Waals surface area contributed by atoms with Crippen LogP contribution in [0.25, 0.3) is 11.3 Å². The van der Waals surface area contributed by atoms with Gasteiger partial charge in [0.25, 0.3) is 5.91 Å². The van der Waals surface area contributed by atoms with Crippen LogP contribution in [0.3, 0.4) is 0 Å². The molecule has 0 atom stereocenters.